The van der Waals surface area contributed by atoms with Crippen LogP contribution in [-0.2, 0) is 9.53 Å². The lowest BCUT2D eigenvalue weighted by molar-refractivity contribution is -0.141. The van der Waals surface area contributed by atoms with E-state index in [1.807, 2.05) is 0 Å². The van der Waals surface area contributed by atoms with Crippen LogP contribution in [0.4, 0.5) is 25.1 Å². The lowest BCUT2D eigenvalue weighted by Gasteiger charge is -2.43. The number of aromatic nitrogens is 2. The van der Waals surface area contributed by atoms with E-state index in [0.29, 0.717) is 45.2 Å². The van der Waals surface area contributed by atoms with E-state index in [4.69, 9.17) is 4.74 Å². The van der Waals surface area contributed by atoms with Crippen molar-refractivity contribution in [3.8, 4) is 0 Å². The molecule has 6 nitrogen and oxygen atoms in total. The SMILES string of the molecule is O=C1OC[C@]2(O)Nc3c(c4cccnc4c4ncccc34)[C@@H](c3cccc(S(F)(F)(F)(F)F)c3)[C@@H]12. The van der Waals surface area contributed by atoms with Crippen LogP contribution in [0, 0.1) is 5.92 Å². The Bertz CT molecular complexity index is 1580. The second-order valence-corrected chi connectivity index (χ2v) is 11.2. The van der Waals surface area contributed by atoms with E-state index in [9.17, 15) is 29.3 Å². The molecule has 182 valence electrons. The molecule has 12 heteroatoms. The third-order valence-electron chi connectivity index (χ3n) is 6.52. The molecule has 2 N–H and O–H groups in total. The van der Waals surface area contributed by atoms with Crippen molar-refractivity contribution < 1.29 is 34.1 Å². The molecule has 2 aliphatic heterocycles. The molecule has 4 heterocycles. The van der Waals surface area contributed by atoms with Crippen LogP contribution in [0.3, 0.4) is 0 Å². The van der Waals surface area contributed by atoms with Gasteiger partial charge in [0, 0.05) is 29.1 Å². The fourth-order valence-corrected chi connectivity index (χ4v) is 5.81. The largest absolute Gasteiger partial charge is 0.460 e. The van der Waals surface area contributed by atoms with Crippen LogP contribution in [0.2, 0.25) is 0 Å². The average Bonchev–Trinajstić information content (AvgIpc) is 3.11. The quantitative estimate of drug-likeness (QED) is 0.200. The van der Waals surface area contributed by atoms with E-state index in [-0.39, 0.29) is 5.56 Å². The molecule has 6 rings (SSSR count). The number of benzene rings is 2. The van der Waals surface area contributed by atoms with Crippen molar-refractivity contribution in [3.05, 3.63) is 72.1 Å². The molecule has 0 amide bonds. The first-order valence-electron chi connectivity index (χ1n) is 10.4. The van der Waals surface area contributed by atoms with Gasteiger partial charge in [0.25, 0.3) is 0 Å². The van der Waals surface area contributed by atoms with Gasteiger partial charge >= 0.3 is 16.2 Å². The Labute approximate surface area is 194 Å². The molecule has 2 aromatic heterocycles. The third kappa shape index (κ3) is 3.23. The molecule has 1 fully saturated rings. The van der Waals surface area contributed by atoms with Crippen molar-refractivity contribution >= 4 is 43.7 Å². The smallest absolute Gasteiger partial charge is 0.315 e. The van der Waals surface area contributed by atoms with Gasteiger partial charge in [-0.2, -0.15) is 0 Å². The number of halogens is 5. The number of hydrogen-bond donors (Lipinski definition) is 2. The van der Waals surface area contributed by atoms with Crippen LogP contribution in [0.15, 0.2) is 65.8 Å². The third-order valence-corrected chi connectivity index (χ3v) is 7.66. The minimum atomic E-state index is -10.0. The van der Waals surface area contributed by atoms with Crippen molar-refractivity contribution in [1.29, 1.82) is 0 Å². The van der Waals surface area contributed by atoms with Crippen molar-refractivity contribution in [2.45, 2.75) is 16.5 Å². The number of hydrogen-bond acceptors (Lipinski definition) is 6. The van der Waals surface area contributed by atoms with E-state index >= 15 is 0 Å². The molecule has 2 aliphatic rings. The number of nitrogens with one attached hydrogen (secondary N) is 1. The highest BCUT2D eigenvalue weighted by Gasteiger charge is 2.66. The van der Waals surface area contributed by atoms with Crippen molar-refractivity contribution in [1.82, 2.24) is 9.97 Å². The highest BCUT2D eigenvalue weighted by Crippen LogP contribution is 3.02. The molecule has 35 heavy (non-hydrogen) atoms. The molecular weight excluding hydrogens is 493 g/mol. The minimum absolute atomic E-state index is 0.214. The number of pyridine rings is 2. The van der Waals surface area contributed by atoms with Crippen LogP contribution >= 0.6 is 10.2 Å². The average molecular weight is 509 g/mol. The highest BCUT2D eigenvalue weighted by atomic mass is 32.5. The van der Waals surface area contributed by atoms with Crippen molar-refractivity contribution in [2.24, 2.45) is 5.92 Å². The summed E-state index contributed by atoms with van der Waals surface area (Å²) in [6.07, 6.45) is 3.06. The molecule has 0 saturated carbocycles. The molecule has 0 spiro atoms. The number of fused-ring (bicyclic) bond motifs is 7. The normalized spacial score (nSPS) is 25.8. The van der Waals surface area contributed by atoms with E-state index in [1.165, 1.54) is 12.3 Å². The molecule has 1 saturated heterocycles. The summed E-state index contributed by atoms with van der Waals surface area (Å²) in [4.78, 5) is 19.5. The molecule has 0 aliphatic carbocycles. The van der Waals surface area contributed by atoms with E-state index in [2.05, 4.69) is 15.3 Å². The Morgan fingerprint density at radius 3 is 2.31 bits per heavy atom. The van der Waals surface area contributed by atoms with E-state index in [1.54, 1.807) is 30.5 Å². The zero-order valence-electron chi connectivity index (χ0n) is 17.6. The Morgan fingerprint density at radius 1 is 0.971 bits per heavy atom. The zero-order chi connectivity index (χ0) is 24.9. The minimum Gasteiger partial charge on any atom is -0.460 e. The maximum atomic E-state index is 13.7. The Hall–Kier alpha value is -3.51. The van der Waals surface area contributed by atoms with Crippen LogP contribution < -0.4 is 5.32 Å². The monoisotopic (exact) mass is 509 g/mol. The van der Waals surface area contributed by atoms with E-state index < -0.39 is 45.3 Å². The zero-order valence-corrected chi connectivity index (χ0v) is 18.4. The number of nitrogens with zero attached hydrogens (tertiary/aromatic N) is 2. The molecule has 0 unspecified atom stereocenters. The molecule has 0 radical (unpaired) electrons. The first-order valence-corrected chi connectivity index (χ1v) is 12.4. The van der Waals surface area contributed by atoms with Crippen LogP contribution in [-0.4, -0.2) is 33.4 Å². The second-order valence-electron chi connectivity index (χ2n) is 8.74. The summed E-state index contributed by atoms with van der Waals surface area (Å²) in [5.74, 6) is -3.51. The number of carbonyl (C=O) groups excluding carboxylic acids is 1. The van der Waals surface area contributed by atoms with Crippen LogP contribution in [0.25, 0.3) is 21.8 Å². The summed E-state index contributed by atoms with van der Waals surface area (Å²) in [5, 5.41) is 15.2. The van der Waals surface area contributed by atoms with Gasteiger partial charge in [0.05, 0.1) is 16.7 Å². The predicted octanol–water partition coefficient (Wildman–Crippen LogP) is 5.86. The summed E-state index contributed by atoms with van der Waals surface area (Å²) in [6, 6.07) is 9.33. The standard InChI is InChI=1S/C23H16F5N3O3S/c24-35(25,26,27,28)13-5-1-4-12(10-13)16-17-14-6-2-8-29-20(14)21-15(7-3-9-30-21)19(17)31-23(33)11-34-22(32)18(16)23/h1-10,16,18,31,33H,11H2/t16-,18+,23-/m1/s1. The molecule has 3 atom stereocenters. The first-order chi connectivity index (χ1) is 16.3. The van der Waals surface area contributed by atoms with Gasteiger partial charge < -0.3 is 15.2 Å². The van der Waals surface area contributed by atoms with Gasteiger partial charge in [-0.05, 0) is 41.5 Å². The van der Waals surface area contributed by atoms with Crippen molar-refractivity contribution in [2.75, 3.05) is 11.9 Å². The fourth-order valence-electron chi connectivity index (χ4n) is 5.12. The van der Waals surface area contributed by atoms with E-state index in [0.717, 1.165) is 6.07 Å². The molecule has 2 aromatic carbocycles. The van der Waals surface area contributed by atoms with Gasteiger partial charge in [0.1, 0.15) is 17.4 Å². The Kier molecular flexibility index (Phi) is 3.88. The van der Waals surface area contributed by atoms with Crippen LogP contribution in [0.1, 0.15) is 17.0 Å². The number of ether oxygens (including phenoxy) is 1. The number of cyclic esters (lactones) is 1. The number of carbonyl (C=O) groups is 1. The maximum Gasteiger partial charge on any atom is 0.315 e. The lowest BCUT2D eigenvalue weighted by atomic mass is 9.71. The van der Waals surface area contributed by atoms with Gasteiger partial charge in [-0.3, -0.25) is 14.8 Å². The molecule has 4 aromatic rings. The molecule has 0 bridgehead atoms. The second kappa shape index (κ2) is 6.18. The van der Waals surface area contributed by atoms with Gasteiger partial charge in [-0.1, -0.05) is 37.6 Å². The summed E-state index contributed by atoms with van der Waals surface area (Å²) in [6.45, 7) is -0.472. The number of rotatable bonds is 2. The van der Waals surface area contributed by atoms with Gasteiger partial charge in [-0.15, -0.1) is 0 Å². The first kappa shape index (κ1) is 22.0. The number of aliphatic hydroxyl groups is 1. The van der Waals surface area contributed by atoms with Gasteiger partial charge in [0.15, 0.2) is 5.72 Å². The predicted molar refractivity (Wildman–Crippen MR) is 120 cm³/mol. The lowest BCUT2D eigenvalue weighted by Crippen LogP contribution is -2.51. The summed E-state index contributed by atoms with van der Waals surface area (Å²) in [7, 11) is -10.0. The van der Waals surface area contributed by atoms with Crippen LogP contribution in [0.5, 0.6) is 0 Å². The van der Waals surface area contributed by atoms with Gasteiger partial charge in [-0.25, -0.2) is 0 Å². The summed E-state index contributed by atoms with van der Waals surface area (Å²) in [5.41, 5.74) is -0.683. The Morgan fingerprint density at radius 2 is 1.63 bits per heavy atom. The molecular formula is C23H16F5N3O3S. The van der Waals surface area contributed by atoms with Gasteiger partial charge in [0.2, 0.25) is 0 Å². The van der Waals surface area contributed by atoms with Crippen molar-refractivity contribution in [3.63, 3.8) is 0 Å². The number of anilines is 1. The number of esters is 1. The maximum absolute atomic E-state index is 13.7. The highest BCUT2D eigenvalue weighted by molar-refractivity contribution is 8.45. The topological polar surface area (TPSA) is 84.3 Å². The fraction of sp³-hybridized carbons (Fsp3) is 0.174. The summed E-state index contributed by atoms with van der Waals surface area (Å²) < 4.78 is 73.6. The Balaban J connectivity index is 1.74. The summed E-state index contributed by atoms with van der Waals surface area (Å²) >= 11 is 0.